The van der Waals surface area contributed by atoms with E-state index in [0.717, 1.165) is 24.0 Å². The van der Waals surface area contributed by atoms with Crippen LogP contribution in [-0.4, -0.2) is 15.6 Å². The molecular weight excluding hydrogens is 206 g/mol. The molecule has 0 atom stereocenters. The van der Waals surface area contributed by atoms with E-state index >= 15 is 0 Å². The second-order valence-electron chi connectivity index (χ2n) is 3.51. The number of rotatable bonds is 3. The first-order chi connectivity index (χ1) is 7.70. The summed E-state index contributed by atoms with van der Waals surface area (Å²) in [6.07, 6.45) is 2.01. The zero-order valence-electron chi connectivity index (χ0n) is 9.01. The minimum Gasteiger partial charge on any atom is -0.410 e. The zero-order valence-corrected chi connectivity index (χ0v) is 9.01. The second kappa shape index (κ2) is 4.22. The van der Waals surface area contributed by atoms with E-state index in [-0.39, 0.29) is 0 Å². The van der Waals surface area contributed by atoms with Crippen LogP contribution >= 0.6 is 0 Å². The molecule has 5 nitrogen and oxygen atoms in total. The summed E-state index contributed by atoms with van der Waals surface area (Å²) in [5.74, 6) is 0.418. The summed E-state index contributed by atoms with van der Waals surface area (Å²) in [7, 11) is 0. The Morgan fingerprint density at radius 1 is 1.56 bits per heavy atom. The number of nitrogens with zero attached hydrogens (tertiary/aromatic N) is 2. The monoisotopic (exact) mass is 219 g/mol. The standard InChI is InChI=1S/C11H13N3O2/c1-2-5-14-7-13-9-6-8(16-11(12)15)3-4-10(9)14/h3-4,6-7H,2,5H2,1H3,(H2,12,15). The molecule has 0 fully saturated rings. The summed E-state index contributed by atoms with van der Waals surface area (Å²) >= 11 is 0. The van der Waals surface area contributed by atoms with Crippen LogP contribution in [0.25, 0.3) is 11.0 Å². The molecule has 1 aromatic heterocycles. The number of aryl methyl sites for hydroxylation is 1. The second-order valence-corrected chi connectivity index (χ2v) is 3.51. The van der Waals surface area contributed by atoms with Crippen molar-refractivity contribution in [2.45, 2.75) is 19.9 Å². The van der Waals surface area contributed by atoms with Gasteiger partial charge in [-0.15, -0.1) is 0 Å². The van der Waals surface area contributed by atoms with Crippen LogP contribution in [0, 0.1) is 0 Å². The lowest BCUT2D eigenvalue weighted by atomic mass is 10.3. The largest absolute Gasteiger partial charge is 0.410 e. The average molecular weight is 219 g/mol. The Bertz CT molecular complexity index is 519. The zero-order chi connectivity index (χ0) is 11.5. The number of carbonyl (C=O) groups is 1. The molecule has 0 bridgehead atoms. The van der Waals surface area contributed by atoms with Gasteiger partial charge in [-0.05, 0) is 18.6 Å². The molecule has 16 heavy (non-hydrogen) atoms. The van der Waals surface area contributed by atoms with Gasteiger partial charge in [0.2, 0.25) is 0 Å². The van der Waals surface area contributed by atoms with Gasteiger partial charge in [-0.3, -0.25) is 0 Å². The van der Waals surface area contributed by atoms with E-state index in [1.165, 1.54) is 0 Å². The van der Waals surface area contributed by atoms with E-state index in [0.29, 0.717) is 5.75 Å². The van der Waals surface area contributed by atoms with Gasteiger partial charge in [0.15, 0.2) is 0 Å². The van der Waals surface area contributed by atoms with E-state index in [9.17, 15) is 4.79 Å². The van der Waals surface area contributed by atoms with Gasteiger partial charge in [0.05, 0.1) is 17.4 Å². The van der Waals surface area contributed by atoms with Gasteiger partial charge in [0.1, 0.15) is 5.75 Å². The highest BCUT2D eigenvalue weighted by Gasteiger charge is 2.05. The molecule has 0 radical (unpaired) electrons. The fraction of sp³-hybridized carbons (Fsp3) is 0.273. The van der Waals surface area contributed by atoms with Crippen molar-refractivity contribution in [1.29, 1.82) is 0 Å². The molecule has 0 aliphatic carbocycles. The van der Waals surface area contributed by atoms with Crippen molar-refractivity contribution in [2.24, 2.45) is 5.73 Å². The number of nitrogens with two attached hydrogens (primary N) is 1. The van der Waals surface area contributed by atoms with Gasteiger partial charge in [0.25, 0.3) is 0 Å². The lowest BCUT2D eigenvalue weighted by Crippen LogP contribution is -2.16. The first kappa shape index (κ1) is 10.5. The molecule has 0 unspecified atom stereocenters. The number of carbonyl (C=O) groups excluding carboxylic acids is 1. The summed E-state index contributed by atoms with van der Waals surface area (Å²) in [5, 5.41) is 0. The van der Waals surface area contributed by atoms with Crippen molar-refractivity contribution >= 4 is 17.1 Å². The van der Waals surface area contributed by atoms with Gasteiger partial charge in [-0.1, -0.05) is 6.92 Å². The summed E-state index contributed by atoms with van der Waals surface area (Å²) in [6.45, 7) is 3.03. The van der Waals surface area contributed by atoms with E-state index in [2.05, 4.69) is 16.5 Å². The Labute approximate surface area is 92.8 Å². The number of hydrogen-bond donors (Lipinski definition) is 1. The predicted octanol–water partition coefficient (Wildman–Crippen LogP) is 1.90. The van der Waals surface area contributed by atoms with Crippen molar-refractivity contribution in [3.63, 3.8) is 0 Å². The van der Waals surface area contributed by atoms with Crippen molar-refractivity contribution in [3.05, 3.63) is 24.5 Å². The van der Waals surface area contributed by atoms with Gasteiger partial charge in [-0.25, -0.2) is 9.78 Å². The van der Waals surface area contributed by atoms with Crippen LogP contribution in [0.15, 0.2) is 24.5 Å². The fourth-order valence-electron chi connectivity index (χ4n) is 1.64. The van der Waals surface area contributed by atoms with Gasteiger partial charge < -0.3 is 15.0 Å². The molecule has 0 saturated heterocycles. The lowest BCUT2D eigenvalue weighted by Gasteiger charge is -2.02. The number of amides is 1. The Hall–Kier alpha value is -2.04. The van der Waals surface area contributed by atoms with Crippen molar-refractivity contribution in [3.8, 4) is 5.75 Å². The van der Waals surface area contributed by atoms with Crippen LogP contribution in [0.2, 0.25) is 0 Å². The summed E-state index contributed by atoms with van der Waals surface area (Å²) < 4.78 is 6.84. The molecule has 5 heteroatoms. The molecule has 2 N–H and O–H groups in total. The van der Waals surface area contributed by atoms with Crippen molar-refractivity contribution in [2.75, 3.05) is 0 Å². The van der Waals surface area contributed by atoms with Crippen LogP contribution in [0.4, 0.5) is 4.79 Å². The highest BCUT2D eigenvalue weighted by molar-refractivity contribution is 5.78. The van der Waals surface area contributed by atoms with E-state index < -0.39 is 6.09 Å². The summed E-state index contributed by atoms with van der Waals surface area (Å²) in [5.41, 5.74) is 6.76. The molecule has 1 heterocycles. The van der Waals surface area contributed by atoms with Gasteiger partial charge in [-0.2, -0.15) is 0 Å². The van der Waals surface area contributed by atoms with Crippen LogP contribution in [0.1, 0.15) is 13.3 Å². The summed E-state index contributed by atoms with van der Waals surface area (Å²) in [4.78, 5) is 14.8. The number of aromatic nitrogens is 2. The van der Waals surface area contributed by atoms with Crippen LogP contribution < -0.4 is 10.5 Å². The molecule has 2 rings (SSSR count). The Balaban J connectivity index is 2.37. The van der Waals surface area contributed by atoms with E-state index in [1.54, 1.807) is 18.5 Å². The third kappa shape index (κ3) is 1.98. The number of hydrogen-bond acceptors (Lipinski definition) is 3. The Morgan fingerprint density at radius 3 is 3.06 bits per heavy atom. The molecule has 0 aliphatic rings. The Morgan fingerprint density at radius 2 is 2.38 bits per heavy atom. The maximum Gasteiger partial charge on any atom is 0.409 e. The molecular formula is C11H13N3O2. The highest BCUT2D eigenvalue weighted by atomic mass is 16.5. The first-order valence-electron chi connectivity index (χ1n) is 5.13. The molecule has 1 aromatic carbocycles. The van der Waals surface area contributed by atoms with Crippen LogP contribution in [0.5, 0.6) is 5.75 Å². The smallest absolute Gasteiger partial charge is 0.409 e. The number of fused-ring (bicyclic) bond motifs is 1. The quantitative estimate of drug-likeness (QED) is 0.857. The molecule has 2 aromatic rings. The number of primary amides is 1. The van der Waals surface area contributed by atoms with E-state index in [4.69, 9.17) is 10.5 Å². The van der Waals surface area contributed by atoms with Crippen LogP contribution in [0.3, 0.4) is 0 Å². The Kier molecular flexibility index (Phi) is 2.76. The van der Waals surface area contributed by atoms with E-state index in [1.807, 2.05) is 6.07 Å². The SMILES string of the molecule is CCCn1cnc2cc(OC(N)=O)ccc21. The predicted molar refractivity (Wildman–Crippen MR) is 60.2 cm³/mol. The molecule has 84 valence electrons. The van der Waals surface area contributed by atoms with Crippen molar-refractivity contribution in [1.82, 2.24) is 9.55 Å². The van der Waals surface area contributed by atoms with Crippen molar-refractivity contribution < 1.29 is 9.53 Å². The normalized spacial score (nSPS) is 10.6. The maximum absolute atomic E-state index is 10.6. The number of imidazole rings is 1. The maximum atomic E-state index is 10.6. The third-order valence-corrected chi connectivity index (χ3v) is 2.28. The first-order valence-corrected chi connectivity index (χ1v) is 5.13. The summed E-state index contributed by atoms with van der Waals surface area (Å²) in [6, 6.07) is 5.28. The minimum atomic E-state index is -0.813. The third-order valence-electron chi connectivity index (χ3n) is 2.28. The van der Waals surface area contributed by atoms with Crippen LogP contribution in [-0.2, 0) is 6.54 Å². The number of ether oxygens (including phenoxy) is 1. The molecule has 0 saturated carbocycles. The highest BCUT2D eigenvalue weighted by Crippen LogP contribution is 2.20. The topological polar surface area (TPSA) is 70.1 Å². The van der Waals surface area contributed by atoms with Gasteiger partial charge >= 0.3 is 6.09 Å². The number of benzene rings is 1. The van der Waals surface area contributed by atoms with Gasteiger partial charge in [0, 0.05) is 12.6 Å². The molecule has 0 aliphatic heterocycles. The molecule has 1 amide bonds. The average Bonchev–Trinajstić information content (AvgIpc) is 2.61. The minimum absolute atomic E-state index is 0.418. The fourth-order valence-corrected chi connectivity index (χ4v) is 1.64. The molecule has 0 spiro atoms. The lowest BCUT2D eigenvalue weighted by molar-refractivity contribution is 0.211.